The third-order valence-corrected chi connectivity index (χ3v) is 6.32. The van der Waals surface area contributed by atoms with Gasteiger partial charge in [0, 0.05) is 25.2 Å². The van der Waals surface area contributed by atoms with Crippen LogP contribution in [-0.4, -0.2) is 32.3 Å². The van der Waals surface area contributed by atoms with Crippen LogP contribution in [0.15, 0.2) is 53.4 Å². The predicted octanol–water partition coefficient (Wildman–Crippen LogP) is 3.35. The summed E-state index contributed by atoms with van der Waals surface area (Å²) in [5.41, 5.74) is 2.52. The van der Waals surface area contributed by atoms with E-state index >= 15 is 0 Å². The molecule has 1 fully saturated rings. The molecule has 0 bridgehead atoms. The van der Waals surface area contributed by atoms with Gasteiger partial charge in [0.2, 0.25) is 10.0 Å². The summed E-state index contributed by atoms with van der Waals surface area (Å²) in [4.78, 5) is 14.6. The van der Waals surface area contributed by atoms with E-state index < -0.39 is 10.0 Å². The van der Waals surface area contributed by atoms with Gasteiger partial charge in [-0.3, -0.25) is 4.79 Å². The van der Waals surface area contributed by atoms with Crippen LogP contribution in [0.5, 0.6) is 0 Å². The second-order valence-corrected chi connectivity index (χ2v) is 9.10. The predicted molar refractivity (Wildman–Crippen MR) is 106 cm³/mol. The molecule has 0 aliphatic carbocycles. The number of rotatable bonds is 5. The van der Waals surface area contributed by atoms with Crippen molar-refractivity contribution in [1.82, 2.24) is 9.62 Å². The Kier molecular flexibility index (Phi) is 5.97. The van der Waals surface area contributed by atoms with E-state index in [1.807, 2.05) is 36.1 Å². The summed E-state index contributed by atoms with van der Waals surface area (Å²) in [6.07, 6.45) is 2.16. The molecule has 2 aromatic rings. The van der Waals surface area contributed by atoms with E-state index in [2.05, 4.69) is 11.6 Å². The highest BCUT2D eigenvalue weighted by molar-refractivity contribution is 7.89. The number of sulfonamides is 1. The van der Waals surface area contributed by atoms with E-state index in [9.17, 15) is 13.2 Å². The summed E-state index contributed by atoms with van der Waals surface area (Å²) >= 11 is 0. The highest BCUT2D eigenvalue weighted by Crippen LogP contribution is 2.19. The van der Waals surface area contributed by atoms with Gasteiger partial charge < -0.3 is 4.90 Å². The molecule has 1 unspecified atom stereocenters. The molecule has 0 spiro atoms. The Labute approximate surface area is 161 Å². The monoisotopic (exact) mass is 386 g/mol. The Morgan fingerprint density at radius 2 is 1.93 bits per heavy atom. The van der Waals surface area contributed by atoms with Crippen molar-refractivity contribution in [3.8, 4) is 0 Å². The number of benzene rings is 2. The Balaban J connectivity index is 1.67. The number of hydrogen-bond donors (Lipinski definition) is 1. The fraction of sp³-hybridized carbons (Fsp3) is 0.381. The second kappa shape index (κ2) is 8.23. The van der Waals surface area contributed by atoms with Crippen molar-refractivity contribution in [2.75, 3.05) is 13.1 Å². The molecule has 0 aromatic heterocycles. The average molecular weight is 387 g/mol. The van der Waals surface area contributed by atoms with Crippen molar-refractivity contribution >= 4 is 15.9 Å². The number of piperidine rings is 1. The molecule has 2 aromatic carbocycles. The molecule has 1 aliphatic rings. The van der Waals surface area contributed by atoms with E-state index in [0.717, 1.165) is 37.1 Å². The third kappa shape index (κ3) is 4.96. The van der Waals surface area contributed by atoms with E-state index in [1.54, 1.807) is 12.1 Å². The van der Waals surface area contributed by atoms with Crippen LogP contribution < -0.4 is 4.72 Å². The SMILES string of the molecule is Cc1cccc(CNS(=O)(=O)c2ccc(C(=O)N3CCCC(C)C3)cc2)c1. The Morgan fingerprint density at radius 1 is 1.19 bits per heavy atom. The molecule has 1 amide bonds. The minimum atomic E-state index is -3.62. The van der Waals surface area contributed by atoms with Gasteiger partial charge in [-0.1, -0.05) is 36.8 Å². The van der Waals surface area contributed by atoms with Gasteiger partial charge >= 0.3 is 0 Å². The van der Waals surface area contributed by atoms with Crippen molar-refractivity contribution in [2.24, 2.45) is 5.92 Å². The molecule has 1 saturated heterocycles. The summed E-state index contributed by atoms with van der Waals surface area (Å²) < 4.78 is 27.6. The molecule has 3 rings (SSSR count). The van der Waals surface area contributed by atoms with Crippen LogP contribution in [0.25, 0.3) is 0 Å². The van der Waals surface area contributed by atoms with Crippen LogP contribution in [0.3, 0.4) is 0 Å². The zero-order chi connectivity index (χ0) is 19.4. The van der Waals surface area contributed by atoms with Gasteiger partial charge in [0.25, 0.3) is 5.91 Å². The van der Waals surface area contributed by atoms with Gasteiger partial charge in [0.15, 0.2) is 0 Å². The van der Waals surface area contributed by atoms with Crippen LogP contribution >= 0.6 is 0 Å². The van der Waals surface area contributed by atoms with E-state index in [-0.39, 0.29) is 17.3 Å². The van der Waals surface area contributed by atoms with Gasteiger partial charge in [0.1, 0.15) is 0 Å². The summed E-state index contributed by atoms with van der Waals surface area (Å²) in [7, 11) is -3.62. The number of carbonyl (C=O) groups excluding carboxylic acids is 1. The topological polar surface area (TPSA) is 66.5 Å². The number of aryl methyl sites for hydroxylation is 1. The number of amides is 1. The highest BCUT2D eigenvalue weighted by atomic mass is 32.2. The average Bonchev–Trinajstić information content (AvgIpc) is 2.66. The molecule has 6 heteroatoms. The lowest BCUT2D eigenvalue weighted by molar-refractivity contribution is 0.0683. The number of nitrogens with zero attached hydrogens (tertiary/aromatic N) is 1. The van der Waals surface area contributed by atoms with E-state index in [4.69, 9.17) is 0 Å². The van der Waals surface area contributed by atoms with Crippen molar-refractivity contribution in [3.63, 3.8) is 0 Å². The lowest BCUT2D eigenvalue weighted by Gasteiger charge is -2.31. The molecule has 1 N–H and O–H groups in total. The molecule has 144 valence electrons. The van der Waals surface area contributed by atoms with Crippen molar-refractivity contribution in [2.45, 2.75) is 38.1 Å². The summed E-state index contributed by atoms with van der Waals surface area (Å²) in [6, 6.07) is 13.9. The number of likely N-dealkylation sites (tertiary alicyclic amines) is 1. The Morgan fingerprint density at radius 3 is 2.59 bits per heavy atom. The van der Waals surface area contributed by atoms with Gasteiger partial charge in [-0.15, -0.1) is 0 Å². The third-order valence-electron chi connectivity index (χ3n) is 4.90. The fourth-order valence-corrected chi connectivity index (χ4v) is 4.43. The van der Waals surface area contributed by atoms with Crippen LogP contribution in [-0.2, 0) is 16.6 Å². The van der Waals surface area contributed by atoms with Gasteiger partial charge in [-0.05, 0) is 55.5 Å². The smallest absolute Gasteiger partial charge is 0.253 e. The molecule has 27 heavy (non-hydrogen) atoms. The maximum absolute atomic E-state index is 12.6. The fourth-order valence-electron chi connectivity index (χ4n) is 3.42. The largest absolute Gasteiger partial charge is 0.338 e. The number of carbonyl (C=O) groups is 1. The summed E-state index contributed by atoms with van der Waals surface area (Å²) in [5, 5.41) is 0. The molecular formula is C21H26N2O3S. The van der Waals surface area contributed by atoms with Crippen molar-refractivity contribution in [1.29, 1.82) is 0 Å². The first-order valence-electron chi connectivity index (χ1n) is 9.30. The first kappa shape index (κ1) is 19.6. The molecule has 1 heterocycles. The highest BCUT2D eigenvalue weighted by Gasteiger charge is 2.22. The molecule has 5 nitrogen and oxygen atoms in total. The molecule has 0 saturated carbocycles. The Bertz CT molecular complexity index is 907. The first-order chi connectivity index (χ1) is 12.8. The maximum Gasteiger partial charge on any atom is 0.253 e. The summed E-state index contributed by atoms with van der Waals surface area (Å²) in [6.45, 7) is 5.88. The van der Waals surface area contributed by atoms with Crippen molar-refractivity contribution in [3.05, 3.63) is 65.2 Å². The minimum Gasteiger partial charge on any atom is -0.338 e. The molecule has 0 radical (unpaired) electrons. The quantitative estimate of drug-likeness (QED) is 0.857. The van der Waals surface area contributed by atoms with Gasteiger partial charge in [0.05, 0.1) is 4.90 Å². The van der Waals surface area contributed by atoms with Crippen LogP contribution in [0.1, 0.15) is 41.3 Å². The summed E-state index contributed by atoms with van der Waals surface area (Å²) in [5.74, 6) is 0.478. The lowest BCUT2D eigenvalue weighted by atomic mass is 9.99. The number of nitrogens with one attached hydrogen (secondary N) is 1. The minimum absolute atomic E-state index is 0.0294. The van der Waals surface area contributed by atoms with Crippen LogP contribution in [0, 0.1) is 12.8 Å². The maximum atomic E-state index is 12.6. The number of hydrogen-bond acceptors (Lipinski definition) is 3. The van der Waals surface area contributed by atoms with Crippen LogP contribution in [0.4, 0.5) is 0 Å². The standard InChI is InChI=1S/C21H26N2O3S/c1-16-5-3-7-18(13-16)14-22-27(25,26)20-10-8-19(9-11-20)21(24)23-12-4-6-17(2)15-23/h3,5,7-11,13,17,22H,4,6,12,14-15H2,1-2H3. The van der Waals surface area contributed by atoms with Crippen molar-refractivity contribution < 1.29 is 13.2 Å². The zero-order valence-electron chi connectivity index (χ0n) is 15.8. The normalized spacial score (nSPS) is 17.7. The van der Waals surface area contributed by atoms with Gasteiger partial charge in [-0.25, -0.2) is 13.1 Å². The van der Waals surface area contributed by atoms with E-state index in [0.29, 0.717) is 11.5 Å². The molecule has 1 aliphatic heterocycles. The first-order valence-corrected chi connectivity index (χ1v) is 10.8. The molecular weight excluding hydrogens is 360 g/mol. The van der Waals surface area contributed by atoms with E-state index in [1.165, 1.54) is 12.1 Å². The zero-order valence-corrected chi connectivity index (χ0v) is 16.6. The van der Waals surface area contributed by atoms with Crippen LogP contribution in [0.2, 0.25) is 0 Å². The van der Waals surface area contributed by atoms with Gasteiger partial charge in [-0.2, -0.15) is 0 Å². The lowest BCUT2D eigenvalue weighted by Crippen LogP contribution is -2.39. The second-order valence-electron chi connectivity index (χ2n) is 7.34. The Hall–Kier alpha value is -2.18. The molecule has 1 atom stereocenters.